The van der Waals surface area contributed by atoms with Gasteiger partial charge < -0.3 is 15.0 Å². The topological polar surface area (TPSA) is 84.0 Å². The number of piperidine rings is 1. The number of anilines is 1. The molecule has 2 saturated heterocycles. The van der Waals surface area contributed by atoms with Gasteiger partial charge in [-0.2, -0.15) is 0 Å². The molecule has 28 heavy (non-hydrogen) atoms. The van der Waals surface area contributed by atoms with E-state index in [0.717, 1.165) is 31.5 Å². The zero-order valence-corrected chi connectivity index (χ0v) is 17.3. The van der Waals surface area contributed by atoms with Crippen LogP contribution in [0.15, 0.2) is 18.3 Å². The molecule has 0 aliphatic carbocycles. The van der Waals surface area contributed by atoms with Gasteiger partial charge in [0.25, 0.3) is 5.91 Å². The summed E-state index contributed by atoms with van der Waals surface area (Å²) in [7, 11) is 3.02. The number of hydrogen-bond acceptors (Lipinski definition) is 6. The number of nitrogens with one attached hydrogen (secondary N) is 1. The van der Waals surface area contributed by atoms with E-state index in [4.69, 9.17) is 9.57 Å². The highest BCUT2D eigenvalue weighted by Crippen LogP contribution is 2.38. The van der Waals surface area contributed by atoms with Crippen molar-refractivity contribution in [3.63, 3.8) is 0 Å². The fourth-order valence-corrected chi connectivity index (χ4v) is 4.07. The third-order valence-corrected chi connectivity index (χ3v) is 5.27. The number of carbonyl (C=O) groups excluding carboxylic acids is 2. The molecule has 0 aromatic carbocycles. The van der Waals surface area contributed by atoms with Gasteiger partial charge in [0.2, 0.25) is 0 Å². The van der Waals surface area contributed by atoms with E-state index in [0.29, 0.717) is 17.6 Å². The largest absolute Gasteiger partial charge is 0.444 e. The maximum absolute atomic E-state index is 12.1. The number of hydroxylamine groups is 2. The van der Waals surface area contributed by atoms with Crippen LogP contribution in [0.3, 0.4) is 0 Å². The summed E-state index contributed by atoms with van der Waals surface area (Å²) in [6.45, 7) is 5.59. The van der Waals surface area contributed by atoms with Crippen molar-refractivity contribution >= 4 is 17.8 Å². The Labute approximate surface area is 166 Å². The van der Waals surface area contributed by atoms with Crippen LogP contribution in [0.2, 0.25) is 0 Å². The molecule has 2 aliphatic rings. The lowest BCUT2D eigenvalue weighted by Gasteiger charge is -2.40. The predicted molar refractivity (Wildman–Crippen MR) is 105 cm³/mol. The van der Waals surface area contributed by atoms with E-state index < -0.39 is 5.60 Å². The summed E-state index contributed by atoms with van der Waals surface area (Å²) in [5, 5.41) is 4.19. The number of alkyl carbamates (subject to hydrolysis) is 1. The van der Waals surface area contributed by atoms with Crippen molar-refractivity contribution in [2.24, 2.45) is 0 Å². The second kappa shape index (κ2) is 7.95. The lowest BCUT2D eigenvalue weighted by Crippen LogP contribution is -2.51. The van der Waals surface area contributed by atoms with Gasteiger partial charge in [0.15, 0.2) is 0 Å². The van der Waals surface area contributed by atoms with Gasteiger partial charge in [0, 0.05) is 31.4 Å². The van der Waals surface area contributed by atoms with Gasteiger partial charge in [0.1, 0.15) is 11.4 Å². The molecule has 8 heteroatoms. The highest BCUT2D eigenvalue weighted by molar-refractivity contribution is 5.93. The van der Waals surface area contributed by atoms with E-state index in [-0.39, 0.29) is 18.0 Å². The molecule has 0 saturated carbocycles. The first kappa shape index (κ1) is 20.4. The van der Waals surface area contributed by atoms with Gasteiger partial charge >= 0.3 is 6.09 Å². The first-order valence-corrected chi connectivity index (χ1v) is 9.74. The van der Waals surface area contributed by atoms with Gasteiger partial charge in [-0.25, -0.2) is 14.8 Å². The fraction of sp³-hybridized carbons (Fsp3) is 0.650. The van der Waals surface area contributed by atoms with Crippen LogP contribution in [0.25, 0.3) is 0 Å². The van der Waals surface area contributed by atoms with Crippen LogP contribution in [0.4, 0.5) is 10.6 Å². The molecule has 2 unspecified atom stereocenters. The zero-order chi connectivity index (χ0) is 20.5. The molecule has 1 N–H and O–H groups in total. The summed E-state index contributed by atoms with van der Waals surface area (Å²) in [6, 6.07) is 4.44. The molecule has 8 nitrogen and oxygen atoms in total. The Bertz CT molecular complexity index is 702. The van der Waals surface area contributed by atoms with Gasteiger partial charge in [-0.15, -0.1) is 0 Å². The molecule has 3 rings (SSSR count). The number of amides is 2. The maximum Gasteiger partial charge on any atom is 0.407 e. The summed E-state index contributed by atoms with van der Waals surface area (Å²) < 4.78 is 5.38. The van der Waals surface area contributed by atoms with E-state index in [1.54, 1.807) is 19.3 Å². The summed E-state index contributed by atoms with van der Waals surface area (Å²) >= 11 is 0. The predicted octanol–water partition coefficient (Wildman–Crippen LogP) is 2.74. The second-order valence-electron chi connectivity index (χ2n) is 8.50. The Balaban J connectivity index is 1.63. The first-order valence-electron chi connectivity index (χ1n) is 9.74. The molecule has 1 aromatic rings. The van der Waals surface area contributed by atoms with E-state index in [9.17, 15) is 9.59 Å². The van der Waals surface area contributed by atoms with Gasteiger partial charge in [-0.3, -0.25) is 9.63 Å². The number of ether oxygens (including phenoxy) is 1. The SMILES string of the molecule is CON(C)C(=O)c1ccc(N2C3CCC2CC(NC(=O)OC(C)(C)C)C3)nc1. The summed E-state index contributed by atoms with van der Waals surface area (Å²) in [6.07, 6.45) is 5.12. The van der Waals surface area contributed by atoms with Crippen molar-refractivity contribution < 1.29 is 19.2 Å². The maximum atomic E-state index is 12.1. The molecule has 1 aromatic heterocycles. The van der Waals surface area contributed by atoms with Crippen LogP contribution in [-0.2, 0) is 9.57 Å². The third-order valence-electron chi connectivity index (χ3n) is 5.27. The molecule has 154 valence electrons. The quantitative estimate of drug-likeness (QED) is 0.796. The molecular weight excluding hydrogens is 360 g/mol. The summed E-state index contributed by atoms with van der Waals surface area (Å²) in [5.41, 5.74) is -0.00838. The Morgan fingerprint density at radius 2 is 1.86 bits per heavy atom. The van der Waals surface area contributed by atoms with E-state index in [1.807, 2.05) is 26.8 Å². The number of carbonyl (C=O) groups is 2. The minimum absolute atomic E-state index is 0.111. The number of pyridine rings is 1. The summed E-state index contributed by atoms with van der Waals surface area (Å²) in [4.78, 5) is 36.0. The average molecular weight is 390 g/mol. The highest BCUT2D eigenvalue weighted by Gasteiger charge is 2.42. The molecule has 2 fully saturated rings. The van der Waals surface area contributed by atoms with Crippen LogP contribution < -0.4 is 10.2 Å². The van der Waals surface area contributed by atoms with Gasteiger partial charge in [0.05, 0.1) is 12.7 Å². The van der Waals surface area contributed by atoms with Crippen LogP contribution in [0.1, 0.15) is 56.8 Å². The van der Waals surface area contributed by atoms with E-state index >= 15 is 0 Å². The van der Waals surface area contributed by atoms with Crippen LogP contribution in [0.5, 0.6) is 0 Å². The molecular formula is C20H30N4O4. The zero-order valence-electron chi connectivity index (χ0n) is 17.3. The average Bonchev–Trinajstić information content (AvgIpc) is 2.89. The smallest absolute Gasteiger partial charge is 0.407 e. The van der Waals surface area contributed by atoms with Crippen molar-refractivity contribution in [3.05, 3.63) is 23.9 Å². The Kier molecular flexibility index (Phi) is 5.79. The van der Waals surface area contributed by atoms with Crippen LogP contribution in [-0.4, -0.2) is 59.9 Å². The van der Waals surface area contributed by atoms with Crippen LogP contribution in [0, 0.1) is 0 Å². The molecule has 2 atom stereocenters. The van der Waals surface area contributed by atoms with Crippen molar-refractivity contribution in [1.82, 2.24) is 15.4 Å². The number of aromatic nitrogens is 1. The van der Waals surface area contributed by atoms with Gasteiger partial charge in [-0.1, -0.05) is 0 Å². The number of nitrogens with zero attached hydrogens (tertiary/aromatic N) is 3. The third kappa shape index (κ3) is 4.55. The monoisotopic (exact) mass is 390 g/mol. The number of rotatable bonds is 4. The first-order chi connectivity index (χ1) is 13.2. The Morgan fingerprint density at radius 1 is 1.21 bits per heavy atom. The standard InChI is InChI=1S/C20H30N4O4/c1-20(2,3)28-19(26)22-14-10-15-7-8-16(11-14)24(15)17-9-6-13(12-21-17)18(25)23(4)27-5/h6,9,12,14-16H,7-8,10-11H2,1-5H3,(H,22,26). The highest BCUT2D eigenvalue weighted by atomic mass is 16.7. The number of hydrogen-bond donors (Lipinski definition) is 1. The molecule has 0 spiro atoms. The fourth-order valence-electron chi connectivity index (χ4n) is 4.07. The molecule has 0 radical (unpaired) electrons. The molecule has 2 bridgehead atoms. The van der Waals surface area contributed by atoms with Crippen molar-refractivity contribution in [2.45, 2.75) is 70.2 Å². The van der Waals surface area contributed by atoms with Crippen molar-refractivity contribution in [1.29, 1.82) is 0 Å². The van der Waals surface area contributed by atoms with Gasteiger partial charge in [-0.05, 0) is 58.6 Å². The Hall–Kier alpha value is -2.35. The van der Waals surface area contributed by atoms with E-state index in [1.165, 1.54) is 12.2 Å². The van der Waals surface area contributed by atoms with E-state index in [2.05, 4.69) is 15.2 Å². The minimum atomic E-state index is -0.496. The second-order valence-corrected chi connectivity index (χ2v) is 8.50. The lowest BCUT2D eigenvalue weighted by molar-refractivity contribution is -0.0757. The van der Waals surface area contributed by atoms with Crippen LogP contribution >= 0.6 is 0 Å². The Morgan fingerprint density at radius 3 is 2.36 bits per heavy atom. The van der Waals surface area contributed by atoms with Crippen molar-refractivity contribution in [3.8, 4) is 0 Å². The minimum Gasteiger partial charge on any atom is -0.444 e. The molecule has 2 amide bonds. The molecule has 3 heterocycles. The number of fused-ring (bicyclic) bond motifs is 2. The molecule has 2 aliphatic heterocycles. The normalized spacial score (nSPS) is 24.0. The lowest BCUT2D eigenvalue weighted by atomic mass is 9.97. The summed E-state index contributed by atoms with van der Waals surface area (Å²) in [5.74, 6) is 0.643. The van der Waals surface area contributed by atoms with Crippen molar-refractivity contribution in [2.75, 3.05) is 19.1 Å².